The largest absolute Gasteiger partial charge is 0.458 e. The zero-order chi connectivity index (χ0) is 6.41. The molecule has 4 heteroatoms. The van der Waals surface area contributed by atoms with Crippen LogP contribution in [0.25, 0.3) is 0 Å². The third-order valence-corrected chi connectivity index (χ3v) is 1.07. The Bertz CT molecular complexity index is 76.4. The molecule has 0 spiro atoms. The van der Waals surface area contributed by atoms with Crippen LogP contribution in [-0.2, 0) is 4.74 Å². The van der Waals surface area contributed by atoms with Gasteiger partial charge < -0.3 is 4.74 Å². The molecule has 0 aromatic rings. The minimum Gasteiger partial charge on any atom is -0.458 e. The fourth-order valence-electron chi connectivity index (χ4n) is 0.207. The first-order valence-corrected chi connectivity index (χ1v) is 3.77. The van der Waals surface area contributed by atoms with Crippen molar-refractivity contribution in [2.45, 2.75) is 6.42 Å². The highest BCUT2D eigenvalue weighted by Gasteiger charge is 1.90. The van der Waals surface area contributed by atoms with Crippen LogP contribution in [0.1, 0.15) is 6.42 Å². The number of alkyl halides is 1. The van der Waals surface area contributed by atoms with E-state index >= 15 is 0 Å². The fourth-order valence-corrected chi connectivity index (χ4v) is 0.536. The maximum absolute atomic E-state index is 10.0. The van der Waals surface area contributed by atoms with E-state index in [-0.39, 0.29) is 3.98 Å². The summed E-state index contributed by atoms with van der Waals surface area (Å²) in [5, 5.41) is 0. The molecule has 0 aromatic carbocycles. The Morgan fingerprint density at radius 1 is 1.75 bits per heavy atom. The molecule has 0 aliphatic rings. The normalized spacial score (nSPS) is 8.75. The Kier molecular flexibility index (Phi) is 5.97. The lowest BCUT2D eigenvalue weighted by molar-refractivity contribution is 0.179. The standard InChI is InChI=1S/C4H6ClIO2/c5-2-1-3-8-4(6)7/h1-3H2. The first-order chi connectivity index (χ1) is 3.77. The maximum atomic E-state index is 10.0. The lowest BCUT2D eigenvalue weighted by Gasteiger charge is -1.94. The van der Waals surface area contributed by atoms with E-state index in [1.54, 1.807) is 22.6 Å². The van der Waals surface area contributed by atoms with Crippen LogP contribution >= 0.6 is 34.2 Å². The Labute approximate surface area is 66.7 Å². The van der Waals surface area contributed by atoms with Crippen molar-refractivity contribution in [2.24, 2.45) is 0 Å². The van der Waals surface area contributed by atoms with Gasteiger partial charge in [-0.3, -0.25) is 0 Å². The van der Waals surface area contributed by atoms with E-state index in [4.69, 9.17) is 11.6 Å². The molecule has 0 aliphatic carbocycles. The fraction of sp³-hybridized carbons (Fsp3) is 0.750. The van der Waals surface area contributed by atoms with Crippen molar-refractivity contribution < 1.29 is 9.53 Å². The van der Waals surface area contributed by atoms with Crippen LogP contribution in [0.3, 0.4) is 0 Å². The minimum atomic E-state index is -0.271. The first-order valence-electron chi connectivity index (χ1n) is 2.15. The van der Waals surface area contributed by atoms with Crippen molar-refractivity contribution in [2.75, 3.05) is 12.5 Å². The van der Waals surface area contributed by atoms with Crippen molar-refractivity contribution >= 4 is 38.2 Å². The SMILES string of the molecule is O=C(I)OCCCCl. The second-order valence-corrected chi connectivity index (χ2v) is 2.39. The number of hydrogen-bond donors (Lipinski definition) is 0. The highest BCUT2D eigenvalue weighted by Crippen LogP contribution is 1.93. The minimum absolute atomic E-state index is 0.271. The second-order valence-electron chi connectivity index (χ2n) is 1.13. The Morgan fingerprint density at radius 2 is 2.38 bits per heavy atom. The van der Waals surface area contributed by atoms with Crippen molar-refractivity contribution in [1.82, 2.24) is 0 Å². The average molecular weight is 248 g/mol. The number of halogens is 2. The van der Waals surface area contributed by atoms with Gasteiger partial charge in [-0.05, 0) is 6.42 Å². The third kappa shape index (κ3) is 6.49. The zero-order valence-electron chi connectivity index (χ0n) is 4.19. The summed E-state index contributed by atoms with van der Waals surface area (Å²) in [6.45, 7) is 0.436. The molecule has 0 saturated carbocycles. The van der Waals surface area contributed by atoms with E-state index in [2.05, 4.69) is 4.74 Å². The van der Waals surface area contributed by atoms with Crippen LogP contribution in [0.5, 0.6) is 0 Å². The molecular weight excluding hydrogens is 242 g/mol. The van der Waals surface area contributed by atoms with E-state index in [1.165, 1.54) is 0 Å². The van der Waals surface area contributed by atoms with Crippen molar-refractivity contribution in [3.05, 3.63) is 0 Å². The van der Waals surface area contributed by atoms with Gasteiger partial charge in [-0.15, -0.1) is 11.6 Å². The van der Waals surface area contributed by atoms with Crippen LogP contribution in [0.4, 0.5) is 4.79 Å². The van der Waals surface area contributed by atoms with Gasteiger partial charge >= 0.3 is 3.98 Å². The number of rotatable bonds is 3. The van der Waals surface area contributed by atoms with Gasteiger partial charge in [0.1, 0.15) is 0 Å². The summed E-state index contributed by atoms with van der Waals surface area (Å²) in [5.74, 6) is 0.546. The van der Waals surface area contributed by atoms with Gasteiger partial charge in [0.2, 0.25) is 0 Å². The summed E-state index contributed by atoms with van der Waals surface area (Å²) in [5.41, 5.74) is 0. The van der Waals surface area contributed by atoms with Crippen LogP contribution < -0.4 is 0 Å². The summed E-state index contributed by atoms with van der Waals surface area (Å²) in [6.07, 6.45) is 0.732. The van der Waals surface area contributed by atoms with Gasteiger partial charge in [0.05, 0.1) is 29.2 Å². The summed E-state index contributed by atoms with van der Waals surface area (Å²) >= 11 is 6.87. The molecule has 0 atom stereocenters. The van der Waals surface area contributed by atoms with E-state index in [0.717, 1.165) is 6.42 Å². The summed E-state index contributed by atoms with van der Waals surface area (Å²) in [6, 6.07) is 0. The molecule has 48 valence electrons. The summed E-state index contributed by atoms with van der Waals surface area (Å²) in [4.78, 5) is 10.0. The topological polar surface area (TPSA) is 26.3 Å². The number of ether oxygens (including phenoxy) is 1. The van der Waals surface area contributed by atoms with E-state index in [0.29, 0.717) is 12.5 Å². The molecule has 0 heterocycles. The van der Waals surface area contributed by atoms with Crippen molar-refractivity contribution in [3.63, 3.8) is 0 Å². The van der Waals surface area contributed by atoms with Crippen LogP contribution in [-0.4, -0.2) is 16.5 Å². The second kappa shape index (κ2) is 5.62. The molecule has 0 N–H and O–H groups in total. The Hall–Kier alpha value is 0.490. The molecule has 0 amide bonds. The summed E-state index contributed by atoms with van der Waals surface area (Å²) < 4.78 is 4.27. The first kappa shape index (κ1) is 8.49. The van der Waals surface area contributed by atoms with Gasteiger partial charge in [-0.25, -0.2) is 4.79 Å². The predicted octanol–water partition coefficient (Wildman–Crippen LogP) is 2.19. The van der Waals surface area contributed by atoms with Gasteiger partial charge in [-0.2, -0.15) is 0 Å². The zero-order valence-corrected chi connectivity index (χ0v) is 7.11. The van der Waals surface area contributed by atoms with Gasteiger partial charge in [-0.1, -0.05) is 0 Å². The van der Waals surface area contributed by atoms with Crippen LogP contribution in [0, 0.1) is 0 Å². The lowest BCUT2D eigenvalue weighted by Crippen LogP contribution is -1.95. The number of carbonyl (C=O) groups is 1. The van der Waals surface area contributed by atoms with Gasteiger partial charge in [0.25, 0.3) is 0 Å². The quantitative estimate of drug-likeness (QED) is 0.331. The number of carbonyl (C=O) groups excluding carboxylic acids is 1. The molecule has 0 fully saturated rings. The van der Waals surface area contributed by atoms with E-state index in [1.807, 2.05) is 0 Å². The molecule has 8 heavy (non-hydrogen) atoms. The average Bonchev–Trinajstić information content (AvgIpc) is 1.66. The molecule has 2 nitrogen and oxygen atoms in total. The lowest BCUT2D eigenvalue weighted by atomic mass is 10.5. The highest BCUT2D eigenvalue weighted by molar-refractivity contribution is 14.1. The summed E-state index contributed by atoms with van der Waals surface area (Å²) in [7, 11) is 0. The monoisotopic (exact) mass is 248 g/mol. The predicted molar refractivity (Wildman–Crippen MR) is 40.7 cm³/mol. The molecule has 0 saturated heterocycles. The van der Waals surface area contributed by atoms with E-state index in [9.17, 15) is 4.79 Å². The molecule has 0 bridgehead atoms. The van der Waals surface area contributed by atoms with Crippen molar-refractivity contribution in [1.29, 1.82) is 0 Å². The molecular formula is C4H6ClIO2. The van der Waals surface area contributed by atoms with Crippen LogP contribution in [0.15, 0.2) is 0 Å². The molecule has 0 radical (unpaired) electrons. The molecule has 0 aliphatic heterocycles. The Balaban J connectivity index is 2.82. The molecule has 0 rings (SSSR count). The highest BCUT2D eigenvalue weighted by atomic mass is 127. The third-order valence-electron chi connectivity index (χ3n) is 0.494. The molecule has 0 aromatic heterocycles. The maximum Gasteiger partial charge on any atom is 0.367 e. The molecule has 0 unspecified atom stereocenters. The number of hydrogen-bond acceptors (Lipinski definition) is 2. The van der Waals surface area contributed by atoms with Gasteiger partial charge in [0.15, 0.2) is 0 Å². The smallest absolute Gasteiger partial charge is 0.367 e. The van der Waals surface area contributed by atoms with Crippen LogP contribution in [0.2, 0.25) is 0 Å². The van der Waals surface area contributed by atoms with E-state index < -0.39 is 0 Å². The Morgan fingerprint density at radius 3 is 2.75 bits per heavy atom. The van der Waals surface area contributed by atoms with Gasteiger partial charge in [0, 0.05) is 5.88 Å². The van der Waals surface area contributed by atoms with Crippen molar-refractivity contribution in [3.8, 4) is 0 Å².